The van der Waals surface area contributed by atoms with Gasteiger partial charge in [0, 0.05) is 6.04 Å². The molecule has 106 valence electrons. The summed E-state index contributed by atoms with van der Waals surface area (Å²) in [5.74, 6) is 0.600. The molecule has 2 N–H and O–H groups in total. The Labute approximate surface area is 118 Å². The van der Waals surface area contributed by atoms with Gasteiger partial charge in [0.25, 0.3) is 0 Å². The fourth-order valence-corrected chi connectivity index (χ4v) is 3.46. The highest BCUT2D eigenvalue weighted by atomic mass is 15.2. The number of hydrogen-bond acceptors (Lipinski definition) is 2. The zero-order valence-corrected chi connectivity index (χ0v) is 12.7. The van der Waals surface area contributed by atoms with Crippen molar-refractivity contribution in [2.45, 2.75) is 46.1 Å². The van der Waals surface area contributed by atoms with Crippen LogP contribution in [0.1, 0.15) is 48.9 Å². The molecule has 1 heterocycles. The second-order valence-electron chi connectivity index (χ2n) is 5.85. The number of benzene rings is 1. The predicted octanol–water partition coefficient (Wildman–Crippen LogP) is 3.43. The molecule has 2 heteroatoms. The Kier molecular flexibility index (Phi) is 5.00. The van der Waals surface area contributed by atoms with Gasteiger partial charge in [0.1, 0.15) is 0 Å². The lowest BCUT2D eigenvalue weighted by atomic mass is 9.86. The van der Waals surface area contributed by atoms with Crippen molar-refractivity contribution in [3.05, 3.63) is 34.9 Å². The van der Waals surface area contributed by atoms with E-state index in [-0.39, 0.29) is 0 Å². The molecule has 1 saturated heterocycles. The minimum atomic E-state index is 0.511. The summed E-state index contributed by atoms with van der Waals surface area (Å²) in [5.41, 5.74) is 10.4. The van der Waals surface area contributed by atoms with Crippen LogP contribution in [0.25, 0.3) is 0 Å². The third-order valence-corrected chi connectivity index (χ3v) is 4.78. The molecule has 0 amide bonds. The number of nitrogens with two attached hydrogens (primary N) is 1. The van der Waals surface area contributed by atoms with E-state index in [0.29, 0.717) is 12.0 Å². The van der Waals surface area contributed by atoms with Crippen LogP contribution in [-0.4, -0.2) is 24.5 Å². The first kappa shape index (κ1) is 14.5. The molecule has 0 spiro atoms. The van der Waals surface area contributed by atoms with Crippen molar-refractivity contribution < 1.29 is 0 Å². The molecule has 1 aliphatic heterocycles. The summed E-state index contributed by atoms with van der Waals surface area (Å²) in [6, 6.07) is 7.23. The second-order valence-corrected chi connectivity index (χ2v) is 5.85. The molecule has 0 aromatic heterocycles. The van der Waals surface area contributed by atoms with Crippen LogP contribution in [0.5, 0.6) is 0 Å². The highest BCUT2D eigenvalue weighted by molar-refractivity contribution is 5.36. The highest BCUT2D eigenvalue weighted by Crippen LogP contribution is 2.36. The van der Waals surface area contributed by atoms with Gasteiger partial charge in [-0.3, -0.25) is 4.90 Å². The maximum atomic E-state index is 6.08. The molecule has 2 nitrogen and oxygen atoms in total. The van der Waals surface area contributed by atoms with E-state index in [0.717, 1.165) is 13.1 Å². The summed E-state index contributed by atoms with van der Waals surface area (Å²) in [6.45, 7) is 9.88. The Morgan fingerprint density at radius 2 is 2.05 bits per heavy atom. The molecular weight excluding hydrogens is 232 g/mol. The van der Waals surface area contributed by atoms with Crippen LogP contribution in [0.3, 0.4) is 0 Å². The molecule has 1 aromatic rings. The summed E-state index contributed by atoms with van der Waals surface area (Å²) in [4.78, 5) is 2.63. The second kappa shape index (κ2) is 6.53. The fourth-order valence-electron chi connectivity index (χ4n) is 3.46. The summed E-state index contributed by atoms with van der Waals surface area (Å²) in [6.07, 6.45) is 3.90. The molecule has 2 rings (SSSR count). The van der Waals surface area contributed by atoms with Crippen molar-refractivity contribution in [3.63, 3.8) is 0 Å². The Hall–Kier alpha value is -0.860. The van der Waals surface area contributed by atoms with E-state index in [9.17, 15) is 0 Å². The van der Waals surface area contributed by atoms with Crippen molar-refractivity contribution in [3.8, 4) is 0 Å². The van der Waals surface area contributed by atoms with Gasteiger partial charge in [-0.2, -0.15) is 0 Å². The fraction of sp³-hybridized carbons (Fsp3) is 0.647. The summed E-state index contributed by atoms with van der Waals surface area (Å²) < 4.78 is 0. The Bertz CT molecular complexity index is 400. The van der Waals surface area contributed by atoms with Crippen LogP contribution in [0.4, 0.5) is 0 Å². The molecule has 2 atom stereocenters. The predicted molar refractivity (Wildman–Crippen MR) is 82.3 cm³/mol. The van der Waals surface area contributed by atoms with Crippen LogP contribution in [0, 0.1) is 19.8 Å². The van der Waals surface area contributed by atoms with Crippen LogP contribution < -0.4 is 5.73 Å². The maximum absolute atomic E-state index is 6.08. The Balaban J connectivity index is 2.42. The minimum Gasteiger partial charge on any atom is -0.330 e. The van der Waals surface area contributed by atoms with Crippen LogP contribution >= 0.6 is 0 Å². The minimum absolute atomic E-state index is 0.511. The molecule has 0 aliphatic carbocycles. The summed E-state index contributed by atoms with van der Waals surface area (Å²) in [7, 11) is 0. The Morgan fingerprint density at radius 1 is 1.26 bits per heavy atom. The quantitative estimate of drug-likeness (QED) is 0.902. The van der Waals surface area contributed by atoms with E-state index in [1.54, 1.807) is 0 Å². The number of likely N-dealkylation sites (tertiary alicyclic amines) is 1. The molecule has 2 unspecified atom stereocenters. The molecule has 1 aromatic carbocycles. The lowest BCUT2D eigenvalue weighted by Crippen LogP contribution is -2.36. The van der Waals surface area contributed by atoms with E-state index in [1.807, 2.05) is 0 Å². The average molecular weight is 260 g/mol. The van der Waals surface area contributed by atoms with Crippen molar-refractivity contribution >= 4 is 0 Å². The molecule has 0 radical (unpaired) electrons. The SMILES string of the molecule is CCN1CCCCC(CN)C1c1cccc(C)c1C. The molecular formula is C17H28N2. The maximum Gasteiger partial charge on any atom is 0.0390 e. The van der Waals surface area contributed by atoms with Gasteiger partial charge in [0.2, 0.25) is 0 Å². The largest absolute Gasteiger partial charge is 0.330 e. The van der Waals surface area contributed by atoms with Crippen molar-refractivity contribution in [2.24, 2.45) is 11.7 Å². The molecule has 0 saturated carbocycles. The van der Waals surface area contributed by atoms with E-state index < -0.39 is 0 Å². The van der Waals surface area contributed by atoms with E-state index >= 15 is 0 Å². The smallest absolute Gasteiger partial charge is 0.0390 e. The average Bonchev–Trinajstić information content (AvgIpc) is 2.63. The number of nitrogens with zero attached hydrogens (tertiary/aromatic N) is 1. The van der Waals surface area contributed by atoms with Crippen LogP contribution in [0.2, 0.25) is 0 Å². The van der Waals surface area contributed by atoms with Gasteiger partial charge in [-0.25, -0.2) is 0 Å². The molecule has 19 heavy (non-hydrogen) atoms. The topological polar surface area (TPSA) is 29.3 Å². The lowest BCUT2D eigenvalue weighted by Gasteiger charge is -2.35. The van der Waals surface area contributed by atoms with Gasteiger partial charge >= 0.3 is 0 Å². The normalized spacial score (nSPS) is 25.3. The summed E-state index contributed by atoms with van der Waals surface area (Å²) >= 11 is 0. The first-order valence-electron chi connectivity index (χ1n) is 7.69. The van der Waals surface area contributed by atoms with Gasteiger partial charge in [0.15, 0.2) is 0 Å². The zero-order valence-electron chi connectivity index (χ0n) is 12.7. The van der Waals surface area contributed by atoms with Gasteiger partial charge in [0.05, 0.1) is 0 Å². The number of aryl methyl sites for hydroxylation is 1. The Morgan fingerprint density at radius 3 is 2.74 bits per heavy atom. The molecule has 1 fully saturated rings. The third kappa shape index (κ3) is 3.01. The van der Waals surface area contributed by atoms with Crippen LogP contribution in [0.15, 0.2) is 18.2 Å². The van der Waals surface area contributed by atoms with E-state index in [1.165, 1.54) is 42.5 Å². The van der Waals surface area contributed by atoms with Crippen molar-refractivity contribution in [1.29, 1.82) is 0 Å². The van der Waals surface area contributed by atoms with Gasteiger partial charge in [-0.05, 0) is 68.9 Å². The molecule has 1 aliphatic rings. The molecule has 0 bridgehead atoms. The summed E-state index contributed by atoms with van der Waals surface area (Å²) in [5, 5.41) is 0. The zero-order chi connectivity index (χ0) is 13.8. The third-order valence-electron chi connectivity index (χ3n) is 4.78. The van der Waals surface area contributed by atoms with Crippen molar-refractivity contribution in [1.82, 2.24) is 4.90 Å². The van der Waals surface area contributed by atoms with Gasteiger partial charge in [-0.15, -0.1) is 0 Å². The standard InChI is InChI=1S/C17H28N2/c1-4-19-11-6-5-9-15(12-18)17(19)16-10-7-8-13(2)14(16)3/h7-8,10,15,17H,4-6,9,11-12,18H2,1-3H3. The van der Waals surface area contributed by atoms with E-state index in [4.69, 9.17) is 5.73 Å². The highest BCUT2D eigenvalue weighted by Gasteiger charge is 2.30. The first-order chi connectivity index (χ1) is 9.19. The van der Waals surface area contributed by atoms with Gasteiger partial charge < -0.3 is 5.73 Å². The first-order valence-corrected chi connectivity index (χ1v) is 7.69. The number of rotatable bonds is 3. The van der Waals surface area contributed by atoms with Gasteiger partial charge in [-0.1, -0.05) is 31.5 Å². The lowest BCUT2D eigenvalue weighted by molar-refractivity contribution is 0.166. The van der Waals surface area contributed by atoms with Crippen LogP contribution in [-0.2, 0) is 0 Å². The van der Waals surface area contributed by atoms with Crippen molar-refractivity contribution in [2.75, 3.05) is 19.6 Å². The monoisotopic (exact) mass is 260 g/mol. The van der Waals surface area contributed by atoms with E-state index in [2.05, 4.69) is 43.9 Å². The number of hydrogen-bond donors (Lipinski definition) is 1.